The second-order valence-electron chi connectivity index (χ2n) is 6.74. The maximum atomic E-state index is 5.64. The summed E-state index contributed by atoms with van der Waals surface area (Å²) in [6.45, 7) is 13.0. The van der Waals surface area contributed by atoms with E-state index in [1.165, 1.54) is 24.9 Å². The molecule has 3 heteroatoms. The summed E-state index contributed by atoms with van der Waals surface area (Å²) in [5, 5.41) is 3.50. The predicted octanol–water partition coefficient (Wildman–Crippen LogP) is 3.40. The molecule has 1 heterocycles. The number of nitrogens with zero attached hydrogens (tertiary/aromatic N) is 1. The van der Waals surface area contributed by atoms with Crippen molar-refractivity contribution in [2.45, 2.75) is 59.2 Å². The topological polar surface area (TPSA) is 28.4 Å². The van der Waals surface area contributed by atoms with E-state index in [0.717, 1.165) is 31.3 Å². The van der Waals surface area contributed by atoms with E-state index in [9.17, 15) is 0 Å². The lowest BCUT2D eigenvalue weighted by molar-refractivity contribution is 0.265. The molecule has 1 aliphatic carbocycles. The van der Waals surface area contributed by atoms with Gasteiger partial charge in [-0.05, 0) is 52.1 Å². The molecule has 1 aliphatic rings. The van der Waals surface area contributed by atoms with E-state index >= 15 is 0 Å². The largest absolute Gasteiger partial charge is 0.468 e. The molecule has 1 saturated carbocycles. The highest BCUT2D eigenvalue weighted by atomic mass is 16.3. The van der Waals surface area contributed by atoms with Crippen molar-refractivity contribution in [2.75, 3.05) is 13.1 Å². The van der Waals surface area contributed by atoms with Gasteiger partial charge in [-0.2, -0.15) is 0 Å². The molecule has 1 N–H and O–H groups in total. The van der Waals surface area contributed by atoms with E-state index in [4.69, 9.17) is 4.42 Å². The quantitative estimate of drug-likeness (QED) is 0.818. The molecule has 0 saturated heterocycles. The fourth-order valence-corrected chi connectivity index (χ4v) is 2.22. The molecule has 0 spiro atoms. The molecular formula is C16H28N2O. The Morgan fingerprint density at radius 3 is 2.68 bits per heavy atom. The van der Waals surface area contributed by atoms with Crippen LogP contribution in [0.15, 0.2) is 16.7 Å². The van der Waals surface area contributed by atoms with Gasteiger partial charge in [-0.1, -0.05) is 6.92 Å². The van der Waals surface area contributed by atoms with Crippen molar-refractivity contribution >= 4 is 0 Å². The SMILES string of the molecule is CCN(Cc1ccoc1CNC(C)(C)C)CC1CC1. The van der Waals surface area contributed by atoms with Crippen LogP contribution in [-0.4, -0.2) is 23.5 Å². The predicted molar refractivity (Wildman–Crippen MR) is 79.0 cm³/mol. The maximum absolute atomic E-state index is 5.64. The van der Waals surface area contributed by atoms with Gasteiger partial charge in [0.25, 0.3) is 0 Å². The highest BCUT2D eigenvalue weighted by Crippen LogP contribution is 2.30. The highest BCUT2D eigenvalue weighted by Gasteiger charge is 2.24. The zero-order chi connectivity index (χ0) is 13.9. The molecule has 2 rings (SSSR count). The molecule has 1 aromatic heterocycles. The van der Waals surface area contributed by atoms with Crippen LogP contribution >= 0.6 is 0 Å². The minimum atomic E-state index is 0.127. The third kappa shape index (κ3) is 5.00. The van der Waals surface area contributed by atoms with Crippen molar-refractivity contribution in [1.29, 1.82) is 0 Å². The molecule has 1 aromatic rings. The number of hydrogen-bond acceptors (Lipinski definition) is 3. The smallest absolute Gasteiger partial charge is 0.122 e. The molecule has 0 atom stereocenters. The van der Waals surface area contributed by atoms with Crippen molar-refractivity contribution in [2.24, 2.45) is 5.92 Å². The lowest BCUT2D eigenvalue weighted by Crippen LogP contribution is -2.35. The lowest BCUT2D eigenvalue weighted by Gasteiger charge is -2.22. The van der Waals surface area contributed by atoms with Gasteiger partial charge in [-0.3, -0.25) is 4.90 Å². The molecule has 0 unspecified atom stereocenters. The maximum Gasteiger partial charge on any atom is 0.122 e. The van der Waals surface area contributed by atoms with Gasteiger partial charge in [0.15, 0.2) is 0 Å². The van der Waals surface area contributed by atoms with Crippen molar-refractivity contribution in [1.82, 2.24) is 10.2 Å². The zero-order valence-corrected chi connectivity index (χ0v) is 12.8. The van der Waals surface area contributed by atoms with Gasteiger partial charge in [-0.15, -0.1) is 0 Å². The minimum absolute atomic E-state index is 0.127. The van der Waals surface area contributed by atoms with Gasteiger partial charge in [0, 0.05) is 24.2 Å². The average molecular weight is 264 g/mol. The van der Waals surface area contributed by atoms with Gasteiger partial charge in [0.1, 0.15) is 5.76 Å². The van der Waals surface area contributed by atoms with Crippen LogP contribution in [0.25, 0.3) is 0 Å². The molecule has 108 valence electrons. The summed E-state index contributed by atoms with van der Waals surface area (Å²) in [4.78, 5) is 2.53. The standard InChI is InChI=1S/C16H28N2O/c1-5-18(11-13-6-7-13)12-14-8-9-19-15(14)10-17-16(2,3)4/h8-9,13,17H,5-7,10-12H2,1-4H3. The van der Waals surface area contributed by atoms with E-state index in [-0.39, 0.29) is 5.54 Å². The van der Waals surface area contributed by atoms with Crippen LogP contribution in [0.1, 0.15) is 51.9 Å². The summed E-state index contributed by atoms with van der Waals surface area (Å²) < 4.78 is 5.64. The van der Waals surface area contributed by atoms with E-state index in [2.05, 4.69) is 44.0 Å². The first-order valence-electron chi connectivity index (χ1n) is 7.50. The summed E-state index contributed by atoms with van der Waals surface area (Å²) in [6, 6.07) is 2.12. The summed E-state index contributed by atoms with van der Waals surface area (Å²) in [6.07, 6.45) is 4.65. The van der Waals surface area contributed by atoms with Gasteiger partial charge in [0.05, 0.1) is 12.8 Å². The average Bonchev–Trinajstić information content (AvgIpc) is 3.03. The molecule has 3 nitrogen and oxygen atoms in total. The molecule has 19 heavy (non-hydrogen) atoms. The minimum Gasteiger partial charge on any atom is -0.468 e. The van der Waals surface area contributed by atoms with Crippen LogP contribution in [0.4, 0.5) is 0 Å². The zero-order valence-electron chi connectivity index (χ0n) is 12.8. The number of furan rings is 1. The lowest BCUT2D eigenvalue weighted by atomic mass is 10.1. The highest BCUT2D eigenvalue weighted by molar-refractivity contribution is 5.17. The Morgan fingerprint density at radius 2 is 2.11 bits per heavy atom. The van der Waals surface area contributed by atoms with Gasteiger partial charge < -0.3 is 9.73 Å². The van der Waals surface area contributed by atoms with Crippen LogP contribution in [0, 0.1) is 5.92 Å². The summed E-state index contributed by atoms with van der Waals surface area (Å²) in [7, 11) is 0. The first-order valence-corrected chi connectivity index (χ1v) is 7.50. The number of hydrogen-bond donors (Lipinski definition) is 1. The Bertz CT molecular complexity index is 388. The normalized spacial score (nSPS) is 16.3. The summed E-state index contributed by atoms with van der Waals surface area (Å²) in [5.74, 6) is 2.03. The summed E-state index contributed by atoms with van der Waals surface area (Å²) in [5.41, 5.74) is 1.46. The Balaban J connectivity index is 1.90. The first kappa shape index (κ1) is 14.6. The van der Waals surface area contributed by atoms with Crippen LogP contribution < -0.4 is 5.32 Å². The molecule has 1 fully saturated rings. The Hall–Kier alpha value is -0.800. The van der Waals surface area contributed by atoms with Gasteiger partial charge in [-0.25, -0.2) is 0 Å². The Labute approximate surface area is 117 Å². The van der Waals surface area contributed by atoms with Crippen LogP contribution in [0.3, 0.4) is 0 Å². The van der Waals surface area contributed by atoms with Crippen molar-refractivity contribution in [3.05, 3.63) is 23.7 Å². The monoisotopic (exact) mass is 264 g/mol. The molecule has 0 aliphatic heterocycles. The van der Waals surface area contributed by atoms with Gasteiger partial charge >= 0.3 is 0 Å². The third-order valence-corrected chi connectivity index (χ3v) is 3.67. The number of nitrogens with one attached hydrogen (secondary N) is 1. The Morgan fingerprint density at radius 1 is 1.37 bits per heavy atom. The first-order chi connectivity index (χ1) is 8.98. The van der Waals surface area contributed by atoms with Crippen LogP contribution in [0.5, 0.6) is 0 Å². The second kappa shape index (κ2) is 6.10. The van der Waals surface area contributed by atoms with Crippen molar-refractivity contribution < 1.29 is 4.42 Å². The molecule has 0 amide bonds. The fourth-order valence-electron chi connectivity index (χ4n) is 2.22. The van der Waals surface area contributed by atoms with E-state index in [1.807, 2.05) is 6.26 Å². The Kier molecular flexibility index (Phi) is 4.69. The molecule has 0 radical (unpaired) electrons. The van der Waals surface area contributed by atoms with E-state index in [1.54, 1.807) is 0 Å². The second-order valence-corrected chi connectivity index (χ2v) is 6.74. The van der Waals surface area contributed by atoms with Crippen LogP contribution in [-0.2, 0) is 13.1 Å². The van der Waals surface area contributed by atoms with E-state index < -0.39 is 0 Å². The van der Waals surface area contributed by atoms with Crippen molar-refractivity contribution in [3.8, 4) is 0 Å². The van der Waals surface area contributed by atoms with Crippen LogP contribution in [0.2, 0.25) is 0 Å². The fraction of sp³-hybridized carbons (Fsp3) is 0.750. The molecular weight excluding hydrogens is 236 g/mol. The molecule has 0 aromatic carbocycles. The van der Waals surface area contributed by atoms with Crippen molar-refractivity contribution in [3.63, 3.8) is 0 Å². The third-order valence-electron chi connectivity index (χ3n) is 3.67. The number of rotatable bonds is 7. The van der Waals surface area contributed by atoms with E-state index in [0.29, 0.717) is 0 Å². The van der Waals surface area contributed by atoms with Gasteiger partial charge in [0.2, 0.25) is 0 Å². The summed E-state index contributed by atoms with van der Waals surface area (Å²) >= 11 is 0. The molecule has 0 bridgehead atoms.